The van der Waals surface area contributed by atoms with Crippen LogP contribution in [0.1, 0.15) is 32.1 Å². The summed E-state index contributed by atoms with van der Waals surface area (Å²) in [5.74, 6) is -1.25. The molecule has 0 bridgehead atoms. The SMILES string of the molecule is NC(=O)CC1CCN(C(=O)C(N)CCC(=O)O)CC1. The lowest BCUT2D eigenvalue weighted by Crippen LogP contribution is -2.47. The summed E-state index contributed by atoms with van der Waals surface area (Å²) in [6, 6.07) is -0.760. The van der Waals surface area contributed by atoms with E-state index in [1.807, 2.05) is 0 Å². The molecular weight excluding hydrogens is 250 g/mol. The molecule has 0 aromatic rings. The molecule has 0 aromatic heterocycles. The number of hydrogen-bond donors (Lipinski definition) is 3. The molecule has 7 heteroatoms. The fourth-order valence-corrected chi connectivity index (χ4v) is 2.28. The van der Waals surface area contributed by atoms with Crippen LogP contribution < -0.4 is 11.5 Å². The Kier molecular flexibility index (Phi) is 5.75. The summed E-state index contributed by atoms with van der Waals surface area (Å²) in [7, 11) is 0. The number of aliphatic carboxylic acids is 1. The van der Waals surface area contributed by atoms with E-state index in [-0.39, 0.29) is 30.6 Å². The molecule has 1 unspecified atom stereocenters. The van der Waals surface area contributed by atoms with E-state index in [2.05, 4.69) is 0 Å². The van der Waals surface area contributed by atoms with Gasteiger partial charge < -0.3 is 21.5 Å². The molecule has 1 atom stereocenters. The highest BCUT2D eigenvalue weighted by molar-refractivity contribution is 5.82. The molecule has 0 radical (unpaired) electrons. The lowest BCUT2D eigenvalue weighted by atomic mass is 9.93. The van der Waals surface area contributed by atoms with Crippen LogP contribution in [0, 0.1) is 5.92 Å². The molecule has 0 spiro atoms. The number of carboxylic acids is 1. The van der Waals surface area contributed by atoms with Crippen molar-refractivity contribution in [1.82, 2.24) is 4.90 Å². The summed E-state index contributed by atoms with van der Waals surface area (Å²) in [4.78, 5) is 34.8. The van der Waals surface area contributed by atoms with E-state index in [4.69, 9.17) is 16.6 Å². The van der Waals surface area contributed by atoms with Crippen molar-refractivity contribution >= 4 is 17.8 Å². The van der Waals surface area contributed by atoms with Crippen molar-refractivity contribution in [3.05, 3.63) is 0 Å². The summed E-state index contributed by atoms with van der Waals surface area (Å²) < 4.78 is 0. The van der Waals surface area contributed by atoms with Gasteiger partial charge in [0.1, 0.15) is 0 Å². The summed E-state index contributed by atoms with van der Waals surface area (Å²) >= 11 is 0. The third-order valence-electron chi connectivity index (χ3n) is 3.40. The first-order valence-corrected chi connectivity index (χ1v) is 6.44. The maximum Gasteiger partial charge on any atom is 0.303 e. The second kappa shape index (κ2) is 7.08. The molecule has 1 aliphatic rings. The van der Waals surface area contributed by atoms with Crippen molar-refractivity contribution in [1.29, 1.82) is 0 Å². The second-order valence-electron chi connectivity index (χ2n) is 4.98. The van der Waals surface area contributed by atoms with Gasteiger partial charge in [0, 0.05) is 25.9 Å². The number of carbonyl (C=O) groups excluding carboxylic acids is 2. The van der Waals surface area contributed by atoms with Gasteiger partial charge in [-0.3, -0.25) is 14.4 Å². The van der Waals surface area contributed by atoms with Crippen molar-refractivity contribution in [3.8, 4) is 0 Å². The first-order valence-electron chi connectivity index (χ1n) is 6.44. The number of piperidine rings is 1. The zero-order chi connectivity index (χ0) is 14.4. The van der Waals surface area contributed by atoms with Crippen molar-refractivity contribution in [2.45, 2.75) is 38.1 Å². The third-order valence-corrected chi connectivity index (χ3v) is 3.40. The van der Waals surface area contributed by atoms with Gasteiger partial charge >= 0.3 is 5.97 Å². The van der Waals surface area contributed by atoms with Gasteiger partial charge in [-0.2, -0.15) is 0 Å². The van der Waals surface area contributed by atoms with Crippen LogP contribution in [0.3, 0.4) is 0 Å². The minimum absolute atomic E-state index is 0.106. The number of hydrogen-bond acceptors (Lipinski definition) is 4. The predicted molar refractivity (Wildman–Crippen MR) is 68.0 cm³/mol. The van der Waals surface area contributed by atoms with E-state index in [1.54, 1.807) is 4.90 Å². The van der Waals surface area contributed by atoms with Crippen LogP contribution >= 0.6 is 0 Å². The average molecular weight is 271 g/mol. The largest absolute Gasteiger partial charge is 0.481 e. The summed E-state index contributed by atoms with van der Waals surface area (Å²) in [6.07, 6.45) is 1.87. The van der Waals surface area contributed by atoms with Gasteiger partial charge in [-0.25, -0.2) is 0 Å². The Morgan fingerprint density at radius 3 is 2.32 bits per heavy atom. The van der Waals surface area contributed by atoms with Gasteiger partial charge in [-0.05, 0) is 25.2 Å². The Balaban J connectivity index is 2.35. The van der Waals surface area contributed by atoms with E-state index < -0.39 is 12.0 Å². The van der Waals surface area contributed by atoms with Crippen molar-refractivity contribution in [2.75, 3.05) is 13.1 Å². The lowest BCUT2D eigenvalue weighted by molar-refractivity contribution is -0.138. The molecule has 1 fully saturated rings. The number of nitrogens with zero attached hydrogens (tertiary/aromatic N) is 1. The number of carboxylic acid groups (broad SMARTS) is 1. The Morgan fingerprint density at radius 1 is 1.26 bits per heavy atom. The third kappa shape index (κ3) is 5.25. The summed E-state index contributed by atoms with van der Waals surface area (Å²) in [6.45, 7) is 1.11. The van der Waals surface area contributed by atoms with E-state index in [1.165, 1.54) is 0 Å². The second-order valence-corrected chi connectivity index (χ2v) is 4.98. The van der Waals surface area contributed by atoms with Crippen molar-refractivity contribution in [3.63, 3.8) is 0 Å². The van der Waals surface area contributed by atoms with Gasteiger partial charge in [0.05, 0.1) is 6.04 Å². The van der Waals surface area contributed by atoms with Crippen molar-refractivity contribution < 1.29 is 19.5 Å². The van der Waals surface area contributed by atoms with E-state index in [9.17, 15) is 14.4 Å². The molecule has 0 saturated carbocycles. The zero-order valence-electron chi connectivity index (χ0n) is 10.9. The monoisotopic (exact) mass is 271 g/mol. The molecule has 0 aliphatic carbocycles. The molecule has 1 aliphatic heterocycles. The van der Waals surface area contributed by atoms with Crippen LogP contribution in [0.4, 0.5) is 0 Å². The lowest BCUT2D eigenvalue weighted by Gasteiger charge is -2.33. The van der Waals surface area contributed by atoms with Crippen LogP contribution in [-0.2, 0) is 14.4 Å². The Labute approximate surface area is 111 Å². The average Bonchev–Trinajstić information content (AvgIpc) is 2.35. The van der Waals surface area contributed by atoms with Crippen LogP contribution in [-0.4, -0.2) is 46.9 Å². The molecular formula is C12H21N3O4. The quantitative estimate of drug-likeness (QED) is 0.588. The smallest absolute Gasteiger partial charge is 0.303 e. The van der Waals surface area contributed by atoms with Crippen LogP contribution in [0.25, 0.3) is 0 Å². The number of nitrogens with two attached hydrogens (primary N) is 2. The number of primary amides is 1. The topological polar surface area (TPSA) is 127 Å². The molecule has 0 aromatic carbocycles. The minimum atomic E-state index is -0.955. The molecule has 108 valence electrons. The van der Waals surface area contributed by atoms with Crippen molar-refractivity contribution in [2.24, 2.45) is 17.4 Å². The maximum atomic E-state index is 12.0. The van der Waals surface area contributed by atoms with Gasteiger partial charge in [-0.15, -0.1) is 0 Å². The molecule has 7 nitrogen and oxygen atoms in total. The maximum absolute atomic E-state index is 12.0. The molecule has 2 amide bonds. The van der Waals surface area contributed by atoms with Crippen LogP contribution in [0.5, 0.6) is 0 Å². The molecule has 5 N–H and O–H groups in total. The summed E-state index contributed by atoms with van der Waals surface area (Å²) in [5, 5.41) is 8.55. The molecule has 19 heavy (non-hydrogen) atoms. The van der Waals surface area contributed by atoms with Crippen LogP contribution in [0.2, 0.25) is 0 Å². The van der Waals surface area contributed by atoms with E-state index in [0.29, 0.717) is 19.5 Å². The number of likely N-dealkylation sites (tertiary alicyclic amines) is 1. The molecule has 1 rings (SSSR count). The summed E-state index contributed by atoms with van der Waals surface area (Å²) in [5.41, 5.74) is 10.8. The highest BCUT2D eigenvalue weighted by Crippen LogP contribution is 2.20. The Morgan fingerprint density at radius 2 is 1.84 bits per heavy atom. The Bertz CT molecular complexity index is 351. The number of carbonyl (C=O) groups is 3. The molecule has 1 saturated heterocycles. The fourth-order valence-electron chi connectivity index (χ4n) is 2.28. The first kappa shape index (κ1) is 15.4. The van der Waals surface area contributed by atoms with Gasteiger partial charge in [0.15, 0.2) is 0 Å². The van der Waals surface area contributed by atoms with Gasteiger partial charge in [0.2, 0.25) is 11.8 Å². The standard InChI is InChI=1S/C12H21N3O4/c13-9(1-2-11(17)18)12(19)15-5-3-8(4-6-15)7-10(14)16/h8-9H,1-7,13H2,(H2,14,16)(H,17,18). The molecule has 1 heterocycles. The number of amides is 2. The fraction of sp³-hybridized carbons (Fsp3) is 0.750. The highest BCUT2D eigenvalue weighted by Gasteiger charge is 2.27. The van der Waals surface area contributed by atoms with E-state index >= 15 is 0 Å². The first-order chi connectivity index (χ1) is 8.90. The van der Waals surface area contributed by atoms with E-state index in [0.717, 1.165) is 12.8 Å². The van der Waals surface area contributed by atoms with Gasteiger partial charge in [0.25, 0.3) is 0 Å². The normalized spacial score (nSPS) is 18.1. The Hall–Kier alpha value is -1.63. The minimum Gasteiger partial charge on any atom is -0.481 e. The van der Waals surface area contributed by atoms with Crippen LogP contribution in [0.15, 0.2) is 0 Å². The highest BCUT2D eigenvalue weighted by atomic mass is 16.4. The zero-order valence-corrected chi connectivity index (χ0v) is 10.9. The predicted octanol–water partition coefficient (Wildman–Crippen LogP) is -0.707. The number of rotatable bonds is 6. The van der Waals surface area contributed by atoms with Gasteiger partial charge in [-0.1, -0.05) is 0 Å².